The molecule has 0 fully saturated rings. The summed E-state index contributed by atoms with van der Waals surface area (Å²) in [5.74, 6) is 1.58. The average Bonchev–Trinajstić information content (AvgIpc) is 2.52. The number of nitrogens with two attached hydrogens (primary N) is 1. The molecule has 0 bridgehead atoms. The first-order chi connectivity index (χ1) is 10.1. The van der Waals surface area contributed by atoms with Gasteiger partial charge in [-0.05, 0) is 19.5 Å². The first kappa shape index (κ1) is 17.8. The highest BCUT2D eigenvalue weighted by atomic mass is 16.5. The van der Waals surface area contributed by atoms with Crippen molar-refractivity contribution in [3.8, 4) is 11.5 Å². The van der Waals surface area contributed by atoms with Crippen molar-refractivity contribution in [3.05, 3.63) is 23.8 Å². The maximum atomic E-state index is 6.04. The number of nitrogens with zero attached hydrogens (tertiary/aromatic N) is 1. The fourth-order valence-corrected chi connectivity index (χ4v) is 2.71. The van der Waals surface area contributed by atoms with Gasteiger partial charge in [-0.25, -0.2) is 0 Å². The molecule has 1 rings (SSSR count). The van der Waals surface area contributed by atoms with Gasteiger partial charge in [-0.1, -0.05) is 13.0 Å². The summed E-state index contributed by atoms with van der Waals surface area (Å²) >= 11 is 0. The maximum Gasteiger partial charge on any atom is 0.127 e. The number of methoxy groups -OCH3 is 3. The van der Waals surface area contributed by atoms with Crippen LogP contribution in [0.2, 0.25) is 0 Å². The summed E-state index contributed by atoms with van der Waals surface area (Å²) in [6.07, 6.45) is 0. The highest BCUT2D eigenvalue weighted by Gasteiger charge is 2.25. The van der Waals surface area contributed by atoms with Gasteiger partial charge in [0.05, 0.1) is 26.9 Å². The summed E-state index contributed by atoms with van der Waals surface area (Å²) in [6.45, 7) is 6.35. The Morgan fingerprint density at radius 1 is 1.19 bits per heavy atom. The molecular weight excluding hydrogens is 268 g/mol. The minimum absolute atomic E-state index is 0.0843. The van der Waals surface area contributed by atoms with Crippen LogP contribution in [0.15, 0.2) is 18.2 Å². The van der Waals surface area contributed by atoms with Crippen LogP contribution >= 0.6 is 0 Å². The summed E-state index contributed by atoms with van der Waals surface area (Å²) in [5, 5.41) is 0. The second-order valence-electron chi connectivity index (χ2n) is 4.99. The molecule has 0 saturated heterocycles. The van der Waals surface area contributed by atoms with E-state index < -0.39 is 0 Å². The van der Waals surface area contributed by atoms with E-state index in [4.69, 9.17) is 19.9 Å². The molecule has 0 aliphatic heterocycles. The molecule has 5 nitrogen and oxygen atoms in total. The third kappa shape index (κ3) is 4.33. The van der Waals surface area contributed by atoms with Gasteiger partial charge in [0.25, 0.3) is 0 Å². The van der Waals surface area contributed by atoms with Crippen molar-refractivity contribution in [2.24, 2.45) is 5.73 Å². The molecule has 5 heteroatoms. The Morgan fingerprint density at radius 3 is 2.38 bits per heavy atom. The minimum atomic E-state index is 0.0843. The second-order valence-corrected chi connectivity index (χ2v) is 4.99. The zero-order valence-electron chi connectivity index (χ0n) is 13.8. The first-order valence-electron chi connectivity index (χ1n) is 7.29. The van der Waals surface area contributed by atoms with Gasteiger partial charge in [0.2, 0.25) is 0 Å². The molecule has 2 N–H and O–H groups in total. The van der Waals surface area contributed by atoms with E-state index in [0.717, 1.165) is 23.6 Å². The summed E-state index contributed by atoms with van der Waals surface area (Å²) in [5.41, 5.74) is 7.11. The van der Waals surface area contributed by atoms with Crippen LogP contribution in [0.4, 0.5) is 0 Å². The van der Waals surface area contributed by atoms with Crippen molar-refractivity contribution in [3.63, 3.8) is 0 Å². The fraction of sp³-hybridized carbons (Fsp3) is 0.625. The van der Waals surface area contributed by atoms with Crippen LogP contribution in [0.25, 0.3) is 0 Å². The van der Waals surface area contributed by atoms with Crippen molar-refractivity contribution in [1.29, 1.82) is 0 Å². The van der Waals surface area contributed by atoms with Gasteiger partial charge in [0.15, 0.2) is 0 Å². The summed E-state index contributed by atoms with van der Waals surface area (Å²) in [7, 11) is 5.03. The van der Waals surface area contributed by atoms with Crippen LogP contribution in [0.3, 0.4) is 0 Å². The molecular formula is C16H28N2O3. The van der Waals surface area contributed by atoms with E-state index in [-0.39, 0.29) is 12.1 Å². The number of ether oxygens (including phenoxy) is 3. The lowest BCUT2D eigenvalue weighted by atomic mass is 10.0. The van der Waals surface area contributed by atoms with Crippen molar-refractivity contribution in [2.45, 2.75) is 25.9 Å². The molecule has 1 aromatic rings. The Bertz CT molecular complexity index is 426. The minimum Gasteiger partial charge on any atom is -0.497 e. The van der Waals surface area contributed by atoms with E-state index in [9.17, 15) is 0 Å². The summed E-state index contributed by atoms with van der Waals surface area (Å²) in [6, 6.07) is 6.22. The molecule has 2 atom stereocenters. The maximum absolute atomic E-state index is 6.04. The SMILES string of the molecule is CCN(C(C)COC)C(CN)c1ccc(OC)cc1OC. The highest BCUT2D eigenvalue weighted by Crippen LogP contribution is 2.33. The molecule has 120 valence electrons. The molecule has 0 saturated carbocycles. The van der Waals surface area contributed by atoms with Crippen LogP contribution in [-0.4, -0.2) is 52.0 Å². The molecule has 21 heavy (non-hydrogen) atoms. The third-order valence-electron chi connectivity index (χ3n) is 3.76. The number of hydrogen-bond donors (Lipinski definition) is 1. The van der Waals surface area contributed by atoms with Gasteiger partial charge in [0.1, 0.15) is 11.5 Å². The van der Waals surface area contributed by atoms with Crippen molar-refractivity contribution >= 4 is 0 Å². The average molecular weight is 296 g/mol. The van der Waals surface area contributed by atoms with E-state index in [1.807, 2.05) is 18.2 Å². The van der Waals surface area contributed by atoms with E-state index in [1.54, 1.807) is 21.3 Å². The molecule has 2 unspecified atom stereocenters. The molecule has 0 spiro atoms. The molecule has 1 aromatic carbocycles. The summed E-state index contributed by atoms with van der Waals surface area (Å²) < 4.78 is 16.0. The van der Waals surface area contributed by atoms with E-state index in [1.165, 1.54) is 0 Å². The van der Waals surface area contributed by atoms with Crippen LogP contribution in [0.5, 0.6) is 11.5 Å². The van der Waals surface area contributed by atoms with Gasteiger partial charge in [-0.3, -0.25) is 4.90 Å². The van der Waals surface area contributed by atoms with E-state index >= 15 is 0 Å². The molecule has 0 aliphatic carbocycles. The highest BCUT2D eigenvalue weighted by molar-refractivity contribution is 5.42. The van der Waals surface area contributed by atoms with Crippen molar-refractivity contribution < 1.29 is 14.2 Å². The van der Waals surface area contributed by atoms with E-state index in [0.29, 0.717) is 13.2 Å². The lowest BCUT2D eigenvalue weighted by Crippen LogP contribution is -2.42. The van der Waals surface area contributed by atoms with Crippen LogP contribution in [0, 0.1) is 0 Å². The molecule has 0 amide bonds. The number of benzene rings is 1. The molecule has 0 aliphatic rings. The van der Waals surface area contributed by atoms with Crippen LogP contribution < -0.4 is 15.2 Å². The van der Waals surface area contributed by atoms with Gasteiger partial charge in [0, 0.05) is 31.3 Å². The third-order valence-corrected chi connectivity index (χ3v) is 3.76. The second kappa shape index (κ2) is 8.87. The summed E-state index contributed by atoms with van der Waals surface area (Å²) in [4.78, 5) is 2.33. The zero-order valence-corrected chi connectivity index (χ0v) is 13.8. The van der Waals surface area contributed by atoms with E-state index in [2.05, 4.69) is 18.7 Å². The van der Waals surface area contributed by atoms with Gasteiger partial charge in [-0.15, -0.1) is 0 Å². The van der Waals surface area contributed by atoms with Gasteiger partial charge < -0.3 is 19.9 Å². The zero-order chi connectivity index (χ0) is 15.8. The molecule has 0 radical (unpaired) electrons. The topological polar surface area (TPSA) is 57.0 Å². The monoisotopic (exact) mass is 296 g/mol. The lowest BCUT2D eigenvalue weighted by Gasteiger charge is -2.35. The first-order valence-corrected chi connectivity index (χ1v) is 7.29. The largest absolute Gasteiger partial charge is 0.497 e. The number of hydrogen-bond acceptors (Lipinski definition) is 5. The Morgan fingerprint density at radius 2 is 1.90 bits per heavy atom. The van der Waals surface area contributed by atoms with Crippen molar-refractivity contribution in [2.75, 3.05) is 41.0 Å². The number of rotatable bonds is 9. The lowest BCUT2D eigenvalue weighted by molar-refractivity contribution is 0.0743. The quantitative estimate of drug-likeness (QED) is 0.756. The molecule has 0 heterocycles. The fourth-order valence-electron chi connectivity index (χ4n) is 2.71. The van der Waals surface area contributed by atoms with Crippen molar-refractivity contribution in [1.82, 2.24) is 4.90 Å². The standard InChI is InChI=1S/C16H28N2O3/c1-6-18(12(2)11-19-3)15(10-17)14-8-7-13(20-4)9-16(14)21-5/h7-9,12,15H,6,10-11,17H2,1-5H3. The van der Waals surface area contributed by atoms with Crippen LogP contribution in [-0.2, 0) is 4.74 Å². The predicted molar refractivity (Wildman–Crippen MR) is 85.1 cm³/mol. The Labute approximate surface area is 128 Å². The Kier molecular flexibility index (Phi) is 7.50. The van der Waals surface area contributed by atoms with Gasteiger partial charge >= 0.3 is 0 Å². The predicted octanol–water partition coefficient (Wildman–Crippen LogP) is 2.06. The Hall–Kier alpha value is -1.30. The van der Waals surface area contributed by atoms with Crippen LogP contribution in [0.1, 0.15) is 25.5 Å². The Balaban J connectivity index is 3.12. The smallest absolute Gasteiger partial charge is 0.127 e. The normalized spacial score (nSPS) is 14.0. The number of likely N-dealkylation sites (N-methyl/N-ethyl adjacent to an activating group) is 1. The van der Waals surface area contributed by atoms with Gasteiger partial charge in [-0.2, -0.15) is 0 Å². The molecule has 0 aromatic heterocycles.